The molecule has 0 heterocycles. The van der Waals surface area contributed by atoms with Gasteiger partial charge in [-0.2, -0.15) is 0 Å². The maximum Gasteiger partial charge on any atom is 0.333 e. The summed E-state index contributed by atoms with van der Waals surface area (Å²) in [5.74, 6) is 2.59. The summed E-state index contributed by atoms with van der Waals surface area (Å²) in [6.45, 7) is 13.7. The molecule has 28 heavy (non-hydrogen) atoms. The number of carbonyl (C=O) groups is 1. The first-order chi connectivity index (χ1) is 13.4. The highest BCUT2D eigenvalue weighted by Gasteiger charge is 2.55. The predicted octanol–water partition coefficient (Wildman–Crippen LogP) is 6.54. The summed E-state index contributed by atoms with van der Waals surface area (Å²) in [5.41, 5.74) is 3.57. The highest BCUT2D eigenvalue weighted by atomic mass is 16.5. The molecule has 0 spiro atoms. The van der Waals surface area contributed by atoms with Crippen molar-refractivity contribution in [3.63, 3.8) is 0 Å². The van der Waals surface area contributed by atoms with Crippen molar-refractivity contribution in [1.29, 1.82) is 0 Å². The number of hydrogen-bond acceptors (Lipinski definition) is 2. The van der Waals surface area contributed by atoms with Crippen molar-refractivity contribution in [2.45, 2.75) is 60.3 Å². The van der Waals surface area contributed by atoms with Gasteiger partial charge in [-0.1, -0.05) is 68.8 Å². The third-order valence-corrected chi connectivity index (χ3v) is 7.37. The molecule has 2 nitrogen and oxygen atoms in total. The Labute approximate surface area is 171 Å². The van der Waals surface area contributed by atoms with Gasteiger partial charge in [0.2, 0.25) is 0 Å². The number of hydrogen-bond donors (Lipinski definition) is 0. The number of benzene rings is 1. The Morgan fingerprint density at radius 2 is 1.86 bits per heavy atom. The van der Waals surface area contributed by atoms with Crippen LogP contribution in [0.25, 0.3) is 0 Å². The predicted molar refractivity (Wildman–Crippen MR) is 116 cm³/mol. The Bertz CT molecular complexity index is 760. The number of esters is 1. The van der Waals surface area contributed by atoms with Gasteiger partial charge in [-0.05, 0) is 62.8 Å². The van der Waals surface area contributed by atoms with Crippen LogP contribution in [-0.2, 0) is 9.53 Å². The molecule has 0 amide bonds. The first-order valence-electron chi connectivity index (χ1n) is 11.0. The number of ether oxygens (including phenoxy) is 1. The zero-order valence-electron chi connectivity index (χ0n) is 18.4. The maximum absolute atomic E-state index is 12.5. The van der Waals surface area contributed by atoms with Crippen LogP contribution in [0.2, 0.25) is 0 Å². The van der Waals surface area contributed by atoms with Gasteiger partial charge < -0.3 is 4.74 Å². The molecular weight excluding hydrogens is 344 g/mol. The lowest BCUT2D eigenvalue weighted by Gasteiger charge is -2.51. The SMILES string of the molecule is CCOC(=O)/C(C)=C/[C@]1(CC)[C@H]2[C@H](C(C)=C[C@H]1c1ccccc1)[C@H](C)C[C@H]2C. The highest BCUT2D eigenvalue weighted by molar-refractivity contribution is 5.88. The third kappa shape index (κ3) is 3.47. The minimum absolute atomic E-state index is 0.0629. The van der Waals surface area contributed by atoms with E-state index in [1.165, 1.54) is 17.6 Å². The Kier molecular flexibility index (Phi) is 6.17. The van der Waals surface area contributed by atoms with Crippen LogP contribution in [0.4, 0.5) is 0 Å². The van der Waals surface area contributed by atoms with Crippen molar-refractivity contribution in [1.82, 2.24) is 0 Å². The second-order valence-electron chi connectivity index (χ2n) is 9.05. The molecule has 1 aromatic rings. The van der Waals surface area contributed by atoms with Crippen molar-refractivity contribution in [2.24, 2.45) is 29.1 Å². The molecule has 2 aliphatic carbocycles. The van der Waals surface area contributed by atoms with Gasteiger partial charge in [0, 0.05) is 16.9 Å². The summed E-state index contributed by atoms with van der Waals surface area (Å²) in [7, 11) is 0. The van der Waals surface area contributed by atoms with E-state index >= 15 is 0 Å². The molecule has 0 aromatic heterocycles. The summed E-state index contributed by atoms with van der Waals surface area (Å²) in [4.78, 5) is 12.5. The molecule has 1 aromatic carbocycles. The average Bonchev–Trinajstić information content (AvgIpc) is 3.00. The molecule has 0 saturated heterocycles. The van der Waals surface area contributed by atoms with Crippen molar-refractivity contribution >= 4 is 5.97 Å². The Morgan fingerprint density at radius 3 is 2.46 bits per heavy atom. The molecular formula is C26H36O2. The average molecular weight is 381 g/mol. The molecule has 6 atom stereocenters. The fourth-order valence-electron chi connectivity index (χ4n) is 6.44. The van der Waals surface area contributed by atoms with Crippen LogP contribution in [0.3, 0.4) is 0 Å². The smallest absolute Gasteiger partial charge is 0.333 e. The molecule has 0 bridgehead atoms. The molecule has 1 fully saturated rings. The third-order valence-electron chi connectivity index (χ3n) is 7.37. The van der Waals surface area contributed by atoms with E-state index in [1.54, 1.807) is 0 Å². The van der Waals surface area contributed by atoms with Gasteiger partial charge in [-0.25, -0.2) is 4.79 Å². The molecule has 0 N–H and O–H groups in total. The van der Waals surface area contributed by atoms with Gasteiger partial charge in [-0.3, -0.25) is 0 Å². The van der Waals surface area contributed by atoms with Crippen LogP contribution >= 0.6 is 0 Å². The summed E-state index contributed by atoms with van der Waals surface area (Å²) in [6, 6.07) is 10.8. The van der Waals surface area contributed by atoms with E-state index < -0.39 is 0 Å². The van der Waals surface area contributed by atoms with Crippen molar-refractivity contribution < 1.29 is 9.53 Å². The van der Waals surface area contributed by atoms with Gasteiger partial charge in [0.15, 0.2) is 0 Å². The first-order valence-corrected chi connectivity index (χ1v) is 11.0. The molecule has 3 rings (SSSR count). The van der Waals surface area contributed by atoms with Crippen LogP contribution in [0.1, 0.15) is 65.9 Å². The van der Waals surface area contributed by atoms with Crippen molar-refractivity contribution in [3.05, 3.63) is 59.2 Å². The molecule has 2 heteroatoms. The second kappa shape index (κ2) is 8.27. The molecule has 1 saturated carbocycles. The van der Waals surface area contributed by atoms with Gasteiger partial charge in [0.05, 0.1) is 6.61 Å². The lowest BCUT2D eigenvalue weighted by atomic mass is 9.53. The van der Waals surface area contributed by atoms with E-state index in [2.05, 4.69) is 70.2 Å². The van der Waals surface area contributed by atoms with E-state index in [0.717, 1.165) is 12.0 Å². The lowest BCUT2D eigenvalue weighted by molar-refractivity contribution is -0.138. The second-order valence-corrected chi connectivity index (χ2v) is 9.05. The van der Waals surface area contributed by atoms with Crippen LogP contribution in [0.5, 0.6) is 0 Å². The van der Waals surface area contributed by atoms with Crippen molar-refractivity contribution in [2.75, 3.05) is 6.61 Å². The fourth-order valence-corrected chi connectivity index (χ4v) is 6.44. The van der Waals surface area contributed by atoms with Crippen molar-refractivity contribution in [3.8, 4) is 0 Å². The number of carbonyl (C=O) groups excluding carboxylic acids is 1. The van der Waals surface area contributed by atoms with E-state index in [1.807, 2.05) is 13.8 Å². The summed E-state index contributed by atoms with van der Waals surface area (Å²) < 4.78 is 5.33. The normalized spacial score (nSPS) is 35.3. The van der Waals surface area contributed by atoms with Gasteiger partial charge in [0.25, 0.3) is 0 Å². The van der Waals surface area contributed by atoms with Crippen LogP contribution in [0, 0.1) is 29.1 Å². The van der Waals surface area contributed by atoms with E-state index in [4.69, 9.17) is 4.74 Å². The summed E-state index contributed by atoms with van der Waals surface area (Å²) in [5, 5.41) is 0. The zero-order valence-corrected chi connectivity index (χ0v) is 18.4. The van der Waals surface area contributed by atoms with Gasteiger partial charge in [0.1, 0.15) is 0 Å². The van der Waals surface area contributed by atoms with Crippen LogP contribution < -0.4 is 0 Å². The monoisotopic (exact) mass is 380 g/mol. The quantitative estimate of drug-likeness (QED) is 0.329. The lowest BCUT2D eigenvalue weighted by Crippen LogP contribution is -2.43. The van der Waals surface area contributed by atoms with E-state index in [9.17, 15) is 4.79 Å². The topological polar surface area (TPSA) is 26.3 Å². The van der Waals surface area contributed by atoms with E-state index in [0.29, 0.717) is 30.3 Å². The standard InChI is InChI=1S/C26H36O2/c1-7-26(16-20(6)25(27)28-8-2)22(21-12-10-9-11-13-21)15-18(4)23-17(3)14-19(5)24(23)26/h9-13,15-17,19,22-24H,7-8,14H2,1-6H3/b20-16+/t17-,19-,22+,23+,24-,26+/m1/s1. The Hall–Kier alpha value is -1.83. The largest absolute Gasteiger partial charge is 0.463 e. The Balaban J connectivity index is 2.20. The summed E-state index contributed by atoms with van der Waals surface area (Å²) in [6.07, 6.45) is 7.07. The molecule has 152 valence electrons. The Morgan fingerprint density at radius 1 is 1.18 bits per heavy atom. The number of allylic oxidation sites excluding steroid dienone is 3. The zero-order chi connectivity index (χ0) is 20.5. The molecule has 2 aliphatic rings. The van der Waals surface area contributed by atoms with Crippen LogP contribution in [-0.4, -0.2) is 12.6 Å². The molecule has 0 unspecified atom stereocenters. The van der Waals surface area contributed by atoms with E-state index in [-0.39, 0.29) is 17.3 Å². The maximum atomic E-state index is 12.5. The van der Waals surface area contributed by atoms with Gasteiger partial charge >= 0.3 is 5.97 Å². The first kappa shape index (κ1) is 20.9. The highest BCUT2D eigenvalue weighted by Crippen LogP contribution is 2.63. The summed E-state index contributed by atoms with van der Waals surface area (Å²) >= 11 is 0. The minimum atomic E-state index is -0.177. The molecule has 0 aliphatic heterocycles. The fraction of sp³-hybridized carbons (Fsp3) is 0.577. The minimum Gasteiger partial charge on any atom is -0.463 e. The number of rotatable bonds is 5. The number of fused-ring (bicyclic) bond motifs is 1. The van der Waals surface area contributed by atoms with Crippen LogP contribution in [0.15, 0.2) is 53.6 Å². The molecule has 0 radical (unpaired) electrons. The van der Waals surface area contributed by atoms with Gasteiger partial charge in [-0.15, -0.1) is 0 Å².